The Morgan fingerprint density at radius 3 is 2.23 bits per heavy atom. The van der Waals surface area contributed by atoms with Crippen LogP contribution in [0.15, 0.2) is 77.5 Å². The third kappa shape index (κ3) is 5.11. The van der Waals surface area contributed by atoms with Crippen LogP contribution in [0.25, 0.3) is 27.5 Å². The maximum Gasteiger partial charge on any atom is 0.346 e. The molecule has 7 heteroatoms. The van der Waals surface area contributed by atoms with Crippen LogP contribution in [0, 0.1) is 17.2 Å². The van der Waals surface area contributed by atoms with Gasteiger partial charge in [0.15, 0.2) is 0 Å². The van der Waals surface area contributed by atoms with Gasteiger partial charge in [-0.2, -0.15) is 5.26 Å². The number of ether oxygens (including phenoxy) is 2. The SMILES string of the molecule is COC1CCN2c3c1cc(-c1ccc4c(c1)C(C)(C)c1cc(C5=CC=C(/C=C(/C#N)C(=O)O)[Si]5)ccc1-4)cc3C(OC)CC2C(C)C. The molecule has 3 unspecified atom stereocenters. The van der Waals surface area contributed by atoms with Crippen LogP contribution >= 0.6 is 0 Å². The van der Waals surface area contributed by atoms with Gasteiger partial charge in [-0.25, -0.2) is 4.79 Å². The van der Waals surface area contributed by atoms with Crippen molar-refractivity contribution in [2.45, 2.75) is 64.2 Å². The Bertz CT molecular complexity index is 1930. The van der Waals surface area contributed by atoms with Crippen molar-refractivity contribution in [3.63, 3.8) is 0 Å². The fourth-order valence-corrected chi connectivity index (χ4v) is 9.31. The number of nitriles is 1. The summed E-state index contributed by atoms with van der Waals surface area (Å²) in [6.07, 6.45) is 7.52. The highest BCUT2D eigenvalue weighted by molar-refractivity contribution is 6.70. The smallest absolute Gasteiger partial charge is 0.346 e. The molecule has 0 bridgehead atoms. The molecule has 0 fully saturated rings. The number of carbonyl (C=O) groups is 1. The second-order valence-corrected chi connectivity index (χ2v) is 15.3. The highest BCUT2D eigenvalue weighted by atomic mass is 28.2. The first-order valence-electron chi connectivity index (χ1n) is 16.4. The van der Waals surface area contributed by atoms with Gasteiger partial charge in [-0.3, -0.25) is 0 Å². The van der Waals surface area contributed by atoms with Crippen LogP contribution in [0.5, 0.6) is 0 Å². The lowest BCUT2D eigenvalue weighted by molar-refractivity contribution is -0.132. The van der Waals surface area contributed by atoms with Gasteiger partial charge in [0.2, 0.25) is 0 Å². The average Bonchev–Trinajstić information content (AvgIpc) is 3.63. The minimum absolute atomic E-state index is 0.0446. The number of hydrogen-bond acceptors (Lipinski definition) is 5. The highest BCUT2D eigenvalue weighted by Crippen LogP contribution is 2.53. The number of allylic oxidation sites excluding steroid dienone is 4. The second-order valence-electron chi connectivity index (χ2n) is 13.9. The predicted molar refractivity (Wildman–Crippen MR) is 187 cm³/mol. The van der Waals surface area contributed by atoms with E-state index in [1.165, 1.54) is 56.3 Å². The Hall–Kier alpha value is -4.22. The number of carboxylic acids is 1. The first kappa shape index (κ1) is 31.4. The number of anilines is 1. The highest BCUT2D eigenvalue weighted by Gasteiger charge is 2.41. The monoisotopic (exact) mass is 640 g/mol. The molecular weight excluding hydrogens is 601 g/mol. The summed E-state index contributed by atoms with van der Waals surface area (Å²) in [6, 6.07) is 20.6. The molecule has 6 nitrogen and oxygen atoms in total. The van der Waals surface area contributed by atoms with Crippen molar-refractivity contribution in [2.75, 3.05) is 25.7 Å². The molecule has 0 saturated carbocycles. The lowest BCUT2D eigenvalue weighted by Gasteiger charge is -2.48. The van der Waals surface area contributed by atoms with Crippen LogP contribution in [-0.4, -0.2) is 47.4 Å². The average molecular weight is 641 g/mol. The van der Waals surface area contributed by atoms with Gasteiger partial charge in [-0.05, 0) is 82.0 Å². The lowest BCUT2D eigenvalue weighted by Crippen LogP contribution is -2.47. The summed E-state index contributed by atoms with van der Waals surface area (Å²) in [4.78, 5) is 14.0. The largest absolute Gasteiger partial charge is 0.477 e. The van der Waals surface area contributed by atoms with Crippen molar-refractivity contribution < 1.29 is 19.4 Å². The predicted octanol–water partition coefficient (Wildman–Crippen LogP) is 8.15. The maximum atomic E-state index is 11.3. The van der Waals surface area contributed by atoms with Crippen molar-refractivity contribution >= 4 is 26.4 Å². The van der Waals surface area contributed by atoms with Gasteiger partial charge in [0.25, 0.3) is 0 Å². The molecule has 0 saturated heterocycles. The summed E-state index contributed by atoms with van der Waals surface area (Å²) < 4.78 is 12.2. The van der Waals surface area contributed by atoms with Crippen molar-refractivity contribution in [1.82, 2.24) is 0 Å². The summed E-state index contributed by atoms with van der Waals surface area (Å²) in [7, 11) is 3.96. The van der Waals surface area contributed by atoms with E-state index in [9.17, 15) is 15.2 Å². The van der Waals surface area contributed by atoms with E-state index in [2.05, 4.69) is 81.1 Å². The van der Waals surface area contributed by atoms with E-state index in [0.717, 1.165) is 35.3 Å². The first-order valence-corrected chi connectivity index (χ1v) is 17.4. The molecule has 0 spiro atoms. The van der Waals surface area contributed by atoms with Crippen LogP contribution in [0.3, 0.4) is 0 Å². The van der Waals surface area contributed by atoms with Crippen LogP contribution in [-0.2, 0) is 19.7 Å². The van der Waals surface area contributed by atoms with E-state index in [4.69, 9.17) is 9.47 Å². The Balaban J connectivity index is 1.24. The van der Waals surface area contributed by atoms with Gasteiger partial charge in [-0.15, -0.1) is 0 Å². The first-order chi connectivity index (χ1) is 22.5. The molecule has 3 aromatic rings. The molecule has 2 radical (unpaired) electrons. The van der Waals surface area contributed by atoms with E-state index in [1.807, 2.05) is 26.4 Å². The number of hydrogen-bond donors (Lipinski definition) is 1. The van der Waals surface area contributed by atoms with Crippen molar-refractivity contribution in [3.05, 3.63) is 105 Å². The lowest BCUT2D eigenvalue weighted by atomic mass is 9.79. The van der Waals surface area contributed by atoms with E-state index in [0.29, 0.717) is 21.5 Å². The maximum absolute atomic E-state index is 11.3. The fourth-order valence-electron chi connectivity index (χ4n) is 8.14. The quantitative estimate of drug-likeness (QED) is 0.159. The van der Waals surface area contributed by atoms with Gasteiger partial charge in [0.1, 0.15) is 21.2 Å². The molecule has 0 aromatic heterocycles. The van der Waals surface area contributed by atoms with Gasteiger partial charge in [0, 0.05) is 49.0 Å². The second kappa shape index (κ2) is 11.8. The third-order valence-corrected chi connectivity index (χ3v) is 12.0. The number of methoxy groups -OCH3 is 2. The molecule has 1 N–H and O–H groups in total. The summed E-state index contributed by atoms with van der Waals surface area (Å²) in [6.45, 7) is 10.2. The zero-order valence-corrected chi connectivity index (χ0v) is 28.8. The minimum atomic E-state index is -1.20. The summed E-state index contributed by atoms with van der Waals surface area (Å²) >= 11 is 0. The van der Waals surface area contributed by atoms with E-state index in [-0.39, 0.29) is 23.2 Å². The molecule has 0 amide bonds. The van der Waals surface area contributed by atoms with Crippen LogP contribution < -0.4 is 4.90 Å². The molecule has 7 rings (SSSR count). The molecule has 238 valence electrons. The Labute approximate surface area is 279 Å². The molecule has 3 aliphatic heterocycles. The standard InChI is InChI=1S/C40H40N2O4Si/c1-22(2)34-20-36(46-6)31-17-25(16-30-35(45-5)13-14-42(34)38(30)31)23-7-10-28-29-11-8-24(19-33(29)40(3,4)32(28)18-23)37-12-9-27(47-37)15-26(21-41)39(43)44/h7-12,15-19,22,34-36H,13-14,20H2,1-6H3,(H,43,44)/b26-15-. The summed E-state index contributed by atoms with van der Waals surface area (Å²) in [5.74, 6) is -0.667. The Morgan fingerprint density at radius 1 is 0.979 bits per heavy atom. The number of carboxylic acid groups (broad SMARTS) is 1. The fraction of sp³-hybridized carbons (Fsp3) is 0.350. The molecule has 3 aromatic carbocycles. The number of benzene rings is 3. The molecule has 47 heavy (non-hydrogen) atoms. The van der Waals surface area contributed by atoms with Gasteiger partial charge in [-0.1, -0.05) is 80.6 Å². The molecular formula is C40H40N2O4Si. The van der Waals surface area contributed by atoms with E-state index >= 15 is 0 Å². The van der Waals surface area contributed by atoms with Gasteiger partial charge < -0.3 is 19.5 Å². The normalized spacial score (nSPS) is 22.3. The van der Waals surface area contributed by atoms with Crippen molar-refractivity contribution in [3.8, 4) is 28.3 Å². The van der Waals surface area contributed by atoms with E-state index < -0.39 is 5.97 Å². The van der Waals surface area contributed by atoms with Gasteiger partial charge >= 0.3 is 5.97 Å². The van der Waals surface area contributed by atoms with Crippen LogP contribution in [0.2, 0.25) is 0 Å². The molecule has 3 atom stereocenters. The molecule has 1 aliphatic carbocycles. The van der Waals surface area contributed by atoms with Crippen LogP contribution in [0.1, 0.15) is 80.6 Å². The Morgan fingerprint density at radius 2 is 1.62 bits per heavy atom. The number of nitrogens with zero attached hydrogens (tertiary/aromatic N) is 2. The van der Waals surface area contributed by atoms with Gasteiger partial charge in [0.05, 0.1) is 12.2 Å². The minimum Gasteiger partial charge on any atom is -0.477 e. The number of rotatable bonds is 7. The molecule has 3 heterocycles. The Kier molecular flexibility index (Phi) is 7.87. The number of fused-ring (bicyclic) bond motifs is 3. The third-order valence-electron chi connectivity index (χ3n) is 10.7. The zero-order chi connectivity index (χ0) is 33.2. The summed E-state index contributed by atoms with van der Waals surface area (Å²) in [5.41, 5.74) is 12.0. The summed E-state index contributed by atoms with van der Waals surface area (Å²) in [5, 5.41) is 20.5. The number of aliphatic carboxylic acids is 1. The van der Waals surface area contributed by atoms with E-state index in [1.54, 1.807) is 6.07 Å². The topological polar surface area (TPSA) is 82.8 Å². The van der Waals surface area contributed by atoms with Crippen LogP contribution in [0.4, 0.5) is 5.69 Å². The zero-order valence-electron chi connectivity index (χ0n) is 27.8. The molecule has 4 aliphatic rings. The van der Waals surface area contributed by atoms with Crippen molar-refractivity contribution in [1.29, 1.82) is 5.26 Å². The van der Waals surface area contributed by atoms with Crippen molar-refractivity contribution in [2.24, 2.45) is 5.92 Å².